The highest BCUT2D eigenvalue weighted by Gasteiger charge is 2.00. The lowest BCUT2D eigenvalue weighted by Gasteiger charge is -2.07. The van der Waals surface area contributed by atoms with Gasteiger partial charge in [-0.25, -0.2) is 0 Å². The van der Waals surface area contributed by atoms with Gasteiger partial charge in [0.1, 0.15) is 5.75 Å². The summed E-state index contributed by atoms with van der Waals surface area (Å²) in [6.07, 6.45) is 0. The molecule has 0 fully saturated rings. The number of ether oxygens (including phenoxy) is 1. The van der Waals surface area contributed by atoms with Crippen LogP contribution >= 0.6 is 0 Å². The minimum Gasteiger partial charge on any atom is -0.494 e. The van der Waals surface area contributed by atoms with Gasteiger partial charge in [0.05, 0.1) is 6.61 Å². The Morgan fingerprint density at radius 2 is 2.07 bits per heavy atom. The third-order valence-corrected chi connectivity index (χ3v) is 2.47. The molecule has 0 unspecified atom stereocenters. The summed E-state index contributed by atoms with van der Waals surface area (Å²) in [4.78, 5) is 0. The Morgan fingerprint density at radius 1 is 1.20 bits per heavy atom. The molecule has 78 valence electrons. The Hall–Kier alpha value is -1.54. The monoisotopic (exact) mass is 201 g/mol. The zero-order valence-electron chi connectivity index (χ0n) is 8.86. The van der Waals surface area contributed by atoms with Crippen molar-refractivity contribution in [2.24, 2.45) is 5.73 Å². The minimum atomic E-state index is 0.575. The summed E-state index contributed by atoms with van der Waals surface area (Å²) in [7, 11) is 0. The van der Waals surface area contributed by atoms with E-state index in [0.29, 0.717) is 13.2 Å². The van der Waals surface area contributed by atoms with E-state index in [-0.39, 0.29) is 0 Å². The van der Waals surface area contributed by atoms with E-state index >= 15 is 0 Å². The minimum absolute atomic E-state index is 0.575. The van der Waals surface area contributed by atoms with Crippen molar-refractivity contribution in [3.05, 3.63) is 42.0 Å². The molecule has 0 atom stereocenters. The molecule has 0 aliphatic rings. The van der Waals surface area contributed by atoms with Gasteiger partial charge in [-0.1, -0.05) is 24.3 Å². The second kappa shape index (κ2) is 4.32. The molecule has 2 nitrogen and oxygen atoms in total. The van der Waals surface area contributed by atoms with Crippen molar-refractivity contribution in [2.75, 3.05) is 6.61 Å². The molecule has 2 aromatic carbocycles. The van der Waals surface area contributed by atoms with Crippen LogP contribution in [0.5, 0.6) is 5.75 Å². The van der Waals surface area contributed by atoms with Crippen LogP contribution in [0.15, 0.2) is 36.4 Å². The number of hydrogen-bond donors (Lipinski definition) is 1. The molecule has 2 aromatic rings. The molecule has 2 heteroatoms. The highest BCUT2D eigenvalue weighted by Crippen LogP contribution is 2.23. The number of fused-ring (bicyclic) bond motifs is 1. The van der Waals surface area contributed by atoms with E-state index in [9.17, 15) is 0 Å². The second-order valence-electron chi connectivity index (χ2n) is 3.44. The smallest absolute Gasteiger partial charge is 0.119 e. The van der Waals surface area contributed by atoms with E-state index < -0.39 is 0 Å². The molecule has 0 aliphatic heterocycles. The lowest BCUT2D eigenvalue weighted by atomic mass is 10.0. The zero-order valence-corrected chi connectivity index (χ0v) is 8.86. The van der Waals surface area contributed by atoms with Gasteiger partial charge in [0, 0.05) is 6.54 Å². The van der Waals surface area contributed by atoms with E-state index in [1.807, 2.05) is 19.1 Å². The van der Waals surface area contributed by atoms with Crippen molar-refractivity contribution in [1.82, 2.24) is 0 Å². The van der Waals surface area contributed by atoms with Crippen molar-refractivity contribution in [1.29, 1.82) is 0 Å². The van der Waals surface area contributed by atoms with Gasteiger partial charge in [0.15, 0.2) is 0 Å². The molecule has 0 bridgehead atoms. The van der Waals surface area contributed by atoms with Crippen LogP contribution in [0, 0.1) is 0 Å². The Kier molecular flexibility index (Phi) is 2.88. The fourth-order valence-electron chi connectivity index (χ4n) is 1.76. The Morgan fingerprint density at radius 3 is 2.80 bits per heavy atom. The molecule has 0 radical (unpaired) electrons. The highest BCUT2D eigenvalue weighted by molar-refractivity contribution is 5.86. The molecule has 0 spiro atoms. The molecule has 0 aromatic heterocycles. The molecular formula is C13H15NO. The third-order valence-electron chi connectivity index (χ3n) is 2.47. The zero-order chi connectivity index (χ0) is 10.7. The van der Waals surface area contributed by atoms with Gasteiger partial charge < -0.3 is 10.5 Å². The topological polar surface area (TPSA) is 35.2 Å². The van der Waals surface area contributed by atoms with Gasteiger partial charge in [-0.05, 0) is 35.4 Å². The van der Waals surface area contributed by atoms with Gasteiger partial charge >= 0.3 is 0 Å². The second-order valence-corrected chi connectivity index (χ2v) is 3.44. The fraction of sp³-hybridized carbons (Fsp3) is 0.231. The van der Waals surface area contributed by atoms with Crippen molar-refractivity contribution in [3.63, 3.8) is 0 Å². The van der Waals surface area contributed by atoms with Crippen LogP contribution in [0.2, 0.25) is 0 Å². The van der Waals surface area contributed by atoms with Crippen LogP contribution in [-0.2, 0) is 6.54 Å². The predicted molar refractivity (Wildman–Crippen MR) is 63.0 cm³/mol. The van der Waals surface area contributed by atoms with Crippen LogP contribution in [-0.4, -0.2) is 6.61 Å². The standard InChI is InChI=1S/C13H15NO/c1-2-15-12-6-7-13-10(8-12)4-3-5-11(13)9-14/h3-8H,2,9,14H2,1H3. The van der Waals surface area contributed by atoms with Crippen LogP contribution < -0.4 is 10.5 Å². The van der Waals surface area contributed by atoms with Gasteiger partial charge in [-0.2, -0.15) is 0 Å². The maximum Gasteiger partial charge on any atom is 0.119 e. The Balaban J connectivity index is 2.53. The van der Waals surface area contributed by atoms with Crippen molar-refractivity contribution in [2.45, 2.75) is 13.5 Å². The highest BCUT2D eigenvalue weighted by atomic mass is 16.5. The first-order valence-corrected chi connectivity index (χ1v) is 5.19. The SMILES string of the molecule is CCOc1ccc2c(CN)cccc2c1. The van der Waals surface area contributed by atoms with Crippen molar-refractivity contribution in [3.8, 4) is 5.75 Å². The number of rotatable bonds is 3. The molecule has 2 N–H and O–H groups in total. The van der Waals surface area contributed by atoms with Crippen molar-refractivity contribution < 1.29 is 4.74 Å². The van der Waals surface area contributed by atoms with Crippen molar-refractivity contribution >= 4 is 10.8 Å². The van der Waals surface area contributed by atoms with Crippen LogP contribution in [0.3, 0.4) is 0 Å². The molecular weight excluding hydrogens is 186 g/mol. The average molecular weight is 201 g/mol. The van der Waals surface area contributed by atoms with E-state index in [0.717, 1.165) is 5.75 Å². The maximum absolute atomic E-state index is 5.68. The largest absolute Gasteiger partial charge is 0.494 e. The summed E-state index contributed by atoms with van der Waals surface area (Å²) in [5.74, 6) is 0.916. The normalized spacial score (nSPS) is 10.5. The number of benzene rings is 2. The molecule has 0 saturated carbocycles. The predicted octanol–water partition coefficient (Wildman–Crippen LogP) is 2.70. The molecule has 15 heavy (non-hydrogen) atoms. The quantitative estimate of drug-likeness (QED) is 0.828. The first-order chi connectivity index (χ1) is 7.35. The van der Waals surface area contributed by atoms with Gasteiger partial charge in [0.2, 0.25) is 0 Å². The summed E-state index contributed by atoms with van der Waals surface area (Å²) in [6.45, 7) is 3.26. The summed E-state index contributed by atoms with van der Waals surface area (Å²) in [5.41, 5.74) is 6.86. The van der Waals surface area contributed by atoms with E-state index in [2.05, 4.69) is 24.3 Å². The maximum atomic E-state index is 5.68. The first-order valence-electron chi connectivity index (χ1n) is 5.19. The third kappa shape index (κ3) is 1.95. The lowest BCUT2D eigenvalue weighted by Crippen LogP contribution is -1.97. The van der Waals surface area contributed by atoms with E-state index in [1.54, 1.807) is 0 Å². The number of nitrogens with two attached hydrogens (primary N) is 1. The molecule has 0 amide bonds. The first kappa shape index (κ1) is 9.99. The van der Waals surface area contributed by atoms with Crippen LogP contribution in [0.1, 0.15) is 12.5 Å². The average Bonchev–Trinajstić information content (AvgIpc) is 2.28. The summed E-state index contributed by atoms with van der Waals surface area (Å²) < 4.78 is 5.46. The van der Waals surface area contributed by atoms with Crippen LogP contribution in [0.25, 0.3) is 10.8 Å². The Labute approximate surface area is 89.7 Å². The molecule has 0 saturated heterocycles. The lowest BCUT2D eigenvalue weighted by molar-refractivity contribution is 0.341. The van der Waals surface area contributed by atoms with E-state index in [4.69, 9.17) is 10.5 Å². The van der Waals surface area contributed by atoms with E-state index in [1.165, 1.54) is 16.3 Å². The van der Waals surface area contributed by atoms with Crippen LogP contribution in [0.4, 0.5) is 0 Å². The fourth-order valence-corrected chi connectivity index (χ4v) is 1.76. The van der Waals surface area contributed by atoms with Gasteiger partial charge in [-0.3, -0.25) is 0 Å². The van der Waals surface area contributed by atoms with Gasteiger partial charge in [0.25, 0.3) is 0 Å². The molecule has 2 rings (SSSR count). The number of hydrogen-bond acceptors (Lipinski definition) is 2. The Bertz CT molecular complexity index is 465. The molecule has 0 aliphatic carbocycles. The summed E-state index contributed by atoms with van der Waals surface area (Å²) in [5, 5.41) is 2.40. The summed E-state index contributed by atoms with van der Waals surface area (Å²) >= 11 is 0. The molecule has 0 heterocycles. The summed E-state index contributed by atoms with van der Waals surface area (Å²) in [6, 6.07) is 12.3. The van der Waals surface area contributed by atoms with Gasteiger partial charge in [-0.15, -0.1) is 0 Å².